The third-order valence-corrected chi connectivity index (χ3v) is 5.16. The summed E-state index contributed by atoms with van der Waals surface area (Å²) in [5.74, 6) is -0.698. The van der Waals surface area contributed by atoms with Crippen LogP contribution in [0.5, 0.6) is 5.88 Å². The maximum absolute atomic E-state index is 12.5. The minimum atomic E-state index is -0.566. The Labute approximate surface area is 170 Å². The molecule has 1 aliphatic rings. The lowest BCUT2D eigenvalue weighted by atomic mass is 9.90. The zero-order chi connectivity index (χ0) is 21.6. The highest BCUT2D eigenvalue weighted by Gasteiger charge is 2.22. The van der Waals surface area contributed by atoms with E-state index in [4.69, 9.17) is 0 Å². The predicted molar refractivity (Wildman–Crippen MR) is 113 cm³/mol. The van der Waals surface area contributed by atoms with Crippen molar-refractivity contribution in [3.8, 4) is 11.6 Å². The van der Waals surface area contributed by atoms with Crippen molar-refractivity contribution in [2.24, 2.45) is 0 Å². The van der Waals surface area contributed by atoms with Crippen LogP contribution in [-0.4, -0.2) is 25.6 Å². The number of nitrogens with one attached hydrogen (secondary N) is 1. The molecule has 3 aromatic rings. The number of aromatic amines is 1. The molecule has 0 radical (unpaired) electrons. The number of aromatic hydroxyl groups is 1. The molecule has 8 heteroatoms. The lowest BCUT2D eigenvalue weighted by molar-refractivity contribution is -0.384. The summed E-state index contributed by atoms with van der Waals surface area (Å²) in [5, 5.41) is 24.3. The molecule has 150 valence electrons. The first-order valence-electron chi connectivity index (χ1n) is 9.11. The molecule has 0 bridgehead atoms. The Bertz CT molecular complexity index is 1340. The van der Waals surface area contributed by atoms with Gasteiger partial charge in [0.2, 0.25) is 5.88 Å². The van der Waals surface area contributed by atoms with Gasteiger partial charge in [-0.25, -0.2) is 4.68 Å². The molecule has 1 heterocycles. The number of nitro benzene ring substituents is 1. The zero-order valence-corrected chi connectivity index (χ0v) is 16.2. The molecule has 2 N–H and O–H groups in total. The van der Waals surface area contributed by atoms with E-state index in [1.54, 1.807) is 6.07 Å². The highest BCUT2D eigenvalue weighted by Crippen LogP contribution is 2.32. The van der Waals surface area contributed by atoms with Crippen LogP contribution in [0.2, 0.25) is 0 Å². The number of nitrogens with zero attached hydrogens (tertiary/aromatic N) is 2. The van der Waals surface area contributed by atoms with Crippen LogP contribution in [0.1, 0.15) is 27.8 Å². The van der Waals surface area contributed by atoms with Gasteiger partial charge in [0, 0.05) is 17.7 Å². The van der Waals surface area contributed by atoms with Crippen molar-refractivity contribution in [3.05, 3.63) is 90.8 Å². The minimum absolute atomic E-state index is 0.0730. The lowest BCUT2D eigenvalue weighted by Crippen LogP contribution is -2.08. The topological polar surface area (TPSA) is 118 Å². The first-order valence-corrected chi connectivity index (χ1v) is 9.11. The molecule has 4 rings (SSSR count). The van der Waals surface area contributed by atoms with E-state index >= 15 is 0 Å². The van der Waals surface area contributed by atoms with Gasteiger partial charge < -0.3 is 5.11 Å². The fourth-order valence-electron chi connectivity index (χ4n) is 3.35. The number of aromatic nitrogens is 2. The van der Waals surface area contributed by atoms with Gasteiger partial charge >= 0.3 is 0 Å². The highest BCUT2D eigenvalue weighted by atomic mass is 16.6. The fourth-order valence-corrected chi connectivity index (χ4v) is 3.35. The molecular formula is C22H17N3O5. The quantitative estimate of drug-likeness (QED) is 0.394. The SMILES string of the molecule is Cc1ccc(-n2[nH]c(=O)c(/C=C3/C(=O)C=Cc4cc([N+](=O)[O-])ccc43)c2O)cc1C. The lowest BCUT2D eigenvalue weighted by Gasteiger charge is -2.13. The number of aryl methyl sites for hydroxylation is 2. The molecule has 0 fully saturated rings. The van der Waals surface area contributed by atoms with E-state index in [-0.39, 0.29) is 28.5 Å². The maximum atomic E-state index is 12.5. The number of nitro groups is 1. The average molecular weight is 403 g/mol. The Morgan fingerprint density at radius 1 is 1.07 bits per heavy atom. The Balaban J connectivity index is 1.85. The van der Waals surface area contributed by atoms with Crippen molar-refractivity contribution in [1.82, 2.24) is 9.78 Å². The fraction of sp³-hybridized carbons (Fsp3) is 0.0909. The first kappa shape index (κ1) is 19.1. The van der Waals surface area contributed by atoms with Gasteiger partial charge in [-0.1, -0.05) is 12.1 Å². The number of benzene rings is 2. The predicted octanol–water partition coefficient (Wildman–Crippen LogP) is 3.53. The summed E-state index contributed by atoms with van der Waals surface area (Å²) < 4.78 is 1.25. The van der Waals surface area contributed by atoms with Crippen molar-refractivity contribution < 1.29 is 14.8 Å². The Hall–Kier alpha value is -4.20. The molecular weight excluding hydrogens is 386 g/mol. The number of carbonyl (C=O) groups is 1. The second-order valence-corrected chi connectivity index (χ2v) is 7.07. The van der Waals surface area contributed by atoms with Crippen molar-refractivity contribution in [1.29, 1.82) is 0 Å². The van der Waals surface area contributed by atoms with Crippen molar-refractivity contribution >= 4 is 29.2 Å². The molecule has 30 heavy (non-hydrogen) atoms. The van der Waals surface area contributed by atoms with E-state index in [0.29, 0.717) is 16.8 Å². The van der Waals surface area contributed by atoms with Gasteiger partial charge in [0.25, 0.3) is 11.2 Å². The van der Waals surface area contributed by atoms with Crippen LogP contribution in [0, 0.1) is 24.0 Å². The number of carbonyl (C=O) groups excluding carboxylic acids is 1. The monoisotopic (exact) mass is 403 g/mol. The van der Waals surface area contributed by atoms with Gasteiger partial charge in [0.1, 0.15) is 5.56 Å². The number of ketones is 1. The number of hydrogen-bond acceptors (Lipinski definition) is 5. The van der Waals surface area contributed by atoms with E-state index < -0.39 is 10.5 Å². The van der Waals surface area contributed by atoms with E-state index in [1.165, 1.54) is 41.1 Å². The van der Waals surface area contributed by atoms with Gasteiger partial charge in [-0.15, -0.1) is 0 Å². The number of fused-ring (bicyclic) bond motifs is 1. The average Bonchev–Trinajstić information content (AvgIpc) is 2.99. The van der Waals surface area contributed by atoms with Gasteiger partial charge in [0.15, 0.2) is 5.78 Å². The van der Waals surface area contributed by atoms with Crippen LogP contribution in [0.3, 0.4) is 0 Å². The molecule has 0 saturated heterocycles. The molecule has 0 amide bonds. The third-order valence-electron chi connectivity index (χ3n) is 5.16. The molecule has 0 aliphatic heterocycles. The van der Waals surface area contributed by atoms with E-state index in [1.807, 2.05) is 26.0 Å². The number of H-pyrrole nitrogens is 1. The Morgan fingerprint density at radius 2 is 1.83 bits per heavy atom. The normalized spacial score (nSPS) is 14.2. The smallest absolute Gasteiger partial charge is 0.275 e. The molecule has 2 aromatic carbocycles. The second kappa shape index (κ2) is 7.00. The second-order valence-electron chi connectivity index (χ2n) is 7.07. The zero-order valence-electron chi connectivity index (χ0n) is 16.2. The molecule has 1 aliphatic carbocycles. The van der Waals surface area contributed by atoms with Gasteiger partial charge in [-0.3, -0.25) is 24.8 Å². The minimum Gasteiger partial charge on any atom is -0.493 e. The van der Waals surface area contributed by atoms with Gasteiger partial charge in [-0.05, 0) is 66.5 Å². The summed E-state index contributed by atoms with van der Waals surface area (Å²) >= 11 is 0. The largest absolute Gasteiger partial charge is 0.493 e. The summed E-state index contributed by atoms with van der Waals surface area (Å²) in [6, 6.07) is 9.58. The van der Waals surface area contributed by atoms with E-state index in [2.05, 4.69) is 5.10 Å². The Morgan fingerprint density at radius 3 is 2.53 bits per heavy atom. The maximum Gasteiger partial charge on any atom is 0.275 e. The number of non-ortho nitro benzene ring substituents is 1. The number of hydrogen-bond donors (Lipinski definition) is 2. The summed E-state index contributed by atoms with van der Waals surface area (Å²) in [6.45, 7) is 3.88. The Kier molecular flexibility index (Phi) is 4.46. The summed E-state index contributed by atoms with van der Waals surface area (Å²) in [5.41, 5.74) is 2.99. The molecule has 0 unspecified atom stereocenters. The summed E-state index contributed by atoms with van der Waals surface area (Å²) in [7, 11) is 0. The van der Waals surface area contributed by atoms with Gasteiger partial charge in [0.05, 0.1) is 10.6 Å². The van der Waals surface area contributed by atoms with Crippen LogP contribution in [0.4, 0.5) is 5.69 Å². The molecule has 8 nitrogen and oxygen atoms in total. The van der Waals surface area contributed by atoms with Crippen LogP contribution in [0.15, 0.2) is 47.3 Å². The molecule has 0 saturated carbocycles. The molecule has 0 atom stereocenters. The van der Waals surface area contributed by atoms with Crippen LogP contribution in [0.25, 0.3) is 23.4 Å². The summed E-state index contributed by atoms with van der Waals surface area (Å²) in [4.78, 5) is 35.5. The number of rotatable bonds is 3. The van der Waals surface area contributed by atoms with Crippen molar-refractivity contribution in [3.63, 3.8) is 0 Å². The van der Waals surface area contributed by atoms with Crippen LogP contribution >= 0.6 is 0 Å². The van der Waals surface area contributed by atoms with Crippen LogP contribution < -0.4 is 5.56 Å². The highest BCUT2D eigenvalue weighted by molar-refractivity contribution is 6.33. The van der Waals surface area contributed by atoms with E-state index in [9.17, 15) is 24.8 Å². The van der Waals surface area contributed by atoms with Gasteiger partial charge in [-0.2, -0.15) is 0 Å². The molecule has 1 aromatic heterocycles. The number of allylic oxidation sites excluding steroid dienone is 2. The summed E-state index contributed by atoms with van der Waals surface area (Å²) in [6.07, 6.45) is 4.08. The van der Waals surface area contributed by atoms with Crippen molar-refractivity contribution in [2.75, 3.05) is 0 Å². The molecule has 0 spiro atoms. The van der Waals surface area contributed by atoms with Crippen LogP contribution in [-0.2, 0) is 4.79 Å². The third kappa shape index (κ3) is 3.14. The standard InChI is InChI=1S/C22H17N3O5/c1-12-3-5-15(9-13(12)2)24-22(28)19(21(27)23-24)11-18-17-7-6-16(25(29)30)10-14(17)4-8-20(18)26/h3-11,28H,1-2H3,(H,23,27)/b18-11+. The first-order chi connectivity index (χ1) is 14.3. The van der Waals surface area contributed by atoms with E-state index in [0.717, 1.165) is 11.1 Å². The van der Waals surface area contributed by atoms with Crippen molar-refractivity contribution in [2.45, 2.75) is 13.8 Å².